The van der Waals surface area contributed by atoms with Gasteiger partial charge in [-0.05, 0) is 26.1 Å². The lowest BCUT2D eigenvalue weighted by Crippen LogP contribution is -2.29. The molecule has 1 atom stereocenters. The van der Waals surface area contributed by atoms with Crippen molar-refractivity contribution in [3.63, 3.8) is 0 Å². The van der Waals surface area contributed by atoms with Crippen LogP contribution in [0.3, 0.4) is 0 Å². The first-order valence-electron chi connectivity index (χ1n) is 5.81. The number of hydrogen-bond donors (Lipinski definition) is 0. The van der Waals surface area contributed by atoms with Crippen LogP contribution >= 0.6 is 15.9 Å². The minimum atomic E-state index is 0.517. The average Bonchev–Trinajstić information content (AvgIpc) is 2.37. The first-order chi connectivity index (χ1) is 8.20. The van der Waals surface area contributed by atoms with E-state index in [1.54, 1.807) is 0 Å². The number of nitrogens with zero attached hydrogens (tertiary/aromatic N) is 2. The molecule has 0 saturated carbocycles. The van der Waals surface area contributed by atoms with Crippen molar-refractivity contribution in [3.05, 3.63) is 42.1 Å². The molecular formula is C14H17BrN2. The Morgan fingerprint density at radius 3 is 2.76 bits per heavy atom. The molecule has 1 heterocycles. The van der Waals surface area contributed by atoms with Crippen LogP contribution in [0.25, 0.3) is 10.9 Å². The Bertz CT molecular complexity index is 498. The zero-order valence-electron chi connectivity index (χ0n) is 10.2. The molecule has 2 nitrogen and oxygen atoms in total. The summed E-state index contributed by atoms with van der Waals surface area (Å²) in [5, 5.41) is 2.18. The van der Waals surface area contributed by atoms with Crippen molar-refractivity contribution in [3.8, 4) is 0 Å². The van der Waals surface area contributed by atoms with Crippen molar-refractivity contribution >= 4 is 26.8 Å². The summed E-state index contributed by atoms with van der Waals surface area (Å²) >= 11 is 3.51. The minimum absolute atomic E-state index is 0.517. The van der Waals surface area contributed by atoms with Gasteiger partial charge in [0.2, 0.25) is 0 Å². The summed E-state index contributed by atoms with van der Waals surface area (Å²) in [7, 11) is 2.13. The summed E-state index contributed by atoms with van der Waals surface area (Å²) in [6.45, 7) is 3.09. The molecule has 2 rings (SSSR count). The van der Waals surface area contributed by atoms with Crippen molar-refractivity contribution in [1.29, 1.82) is 0 Å². The molecule has 2 aromatic rings. The van der Waals surface area contributed by atoms with E-state index in [2.05, 4.69) is 64.1 Å². The molecule has 0 aliphatic heterocycles. The number of benzene rings is 1. The number of pyridine rings is 1. The van der Waals surface area contributed by atoms with Gasteiger partial charge in [0.25, 0.3) is 0 Å². The fourth-order valence-corrected chi connectivity index (χ4v) is 2.22. The van der Waals surface area contributed by atoms with Gasteiger partial charge in [-0.15, -0.1) is 0 Å². The van der Waals surface area contributed by atoms with Crippen LogP contribution in [0.15, 0.2) is 36.4 Å². The Morgan fingerprint density at radius 1 is 1.24 bits per heavy atom. The quantitative estimate of drug-likeness (QED) is 0.803. The van der Waals surface area contributed by atoms with Gasteiger partial charge in [0, 0.05) is 23.3 Å². The second-order valence-electron chi connectivity index (χ2n) is 4.41. The molecule has 3 heteroatoms. The van der Waals surface area contributed by atoms with Gasteiger partial charge in [-0.2, -0.15) is 0 Å². The van der Waals surface area contributed by atoms with Gasteiger partial charge >= 0.3 is 0 Å². The smallest absolute Gasteiger partial charge is 0.0705 e. The zero-order chi connectivity index (χ0) is 12.3. The summed E-state index contributed by atoms with van der Waals surface area (Å²) in [6, 6.07) is 13.0. The largest absolute Gasteiger partial charge is 0.297 e. The van der Waals surface area contributed by atoms with Crippen molar-refractivity contribution in [2.24, 2.45) is 0 Å². The normalized spacial score (nSPS) is 13.2. The second kappa shape index (κ2) is 5.61. The number of aromatic nitrogens is 1. The lowest BCUT2D eigenvalue weighted by Gasteiger charge is -2.22. The average molecular weight is 293 g/mol. The highest BCUT2D eigenvalue weighted by molar-refractivity contribution is 9.09. The summed E-state index contributed by atoms with van der Waals surface area (Å²) < 4.78 is 0. The van der Waals surface area contributed by atoms with Gasteiger partial charge in [0.15, 0.2) is 0 Å². The molecule has 0 spiro atoms. The number of alkyl halides is 1. The van der Waals surface area contributed by atoms with E-state index in [1.165, 1.54) is 5.39 Å². The Hall–Kier alpha value is -0.930. The molecule has 0 bridgehead atoms. The lowest BCUT2D eigenvalue weighted by molar-refractivity contribution is 0.268. The highest BCUT2D eigenvalue weighted by atomic mass is 79.9. The van der Waals surface area contributed by atoms with Crippen LogP contribution in [0.1, 0.15) is 12.6 Å². The van der Waals surface area contributed by atoms with E-state index >= 15 is 0 Å². The van der Waals surface area contributed by atoms with Crippen molar-refractivity contribution in [1.82, 2.24) is 9.88 Å². The van der Waals surface area contributed by atoms with Crippen LogP contribution < -0.4 is 0 Å². The molecule has 0 N–H and O–H groups in total. The Labute approximate surface area is 111 Å². The molecule has 1 aromatic heterocycles. The number of fused-ring (bicyclic) bond motifs is 1. The van der Waals surface area contributed by atoms with Gasteiger partial charge in [0.1, 0.15) is 0 Å². The third-order valence-electron chi connectivity index (χ3n) is 3.04. The molecule has 1 unspecified atom stereocenters. The van der Waals surface area contributed by atoms with E-state index in [0.29, 0.717) is 6.04 Å². The summed E-state index contributed by atoms with van der Waals surface area (Å²) in [4.78, 5) is 6.97. The molecule has 1 aromatic carbocycles. The Balaban J connectivity index is 2.19. The predicted molar refractivity (Wildman–Crippen MR) is 76.5 cm³/mol. The number of halogens is 1. The molecule has 0 radical (unpaired) electrons. The van der Waals surface area contributed by atoms with Gasteiger partial charge in [-0.3, -0.25) is 9.88 Å². The van der Waals surface area contributed by atoms with E-state index < -0.39 is 0 Å². The van der Waals surface area contributed by atoms with Gasteiger partial charge in [-0.1, -0.05) is 40.2 Å². The number of para-hydroxylation sites is 1. The van der Waals surface area contributed by atoms with Crippen molar-refractivity contribution in [2.45, 2.75) is 19.5 Å². The van der Waals surface area contributed by atoms with E-state index in [9.17, 15) is 0 Å². The minimum Gasteiger partial charge on any atom is -0.297 e. The fourth-order valence-electron chi connectivity index (χ4n) is 1.73. The van der Waals surface area contributed by atoms with Crippen LogP contribution in [-0.4, -0.2) is 28.3 Å². The molecule has 0 saturated heterocycles. The molecule has 17 heavy (non-hydrogen) atoms. The third-order valence-corrected chi connectivity index (χ3v) is 3.98. The van der Waals surface area contributed by atoms with Crippen LogP contribution in [0, 0.1) is 0 Å². The van der Waals surface area contributed by atoms with Gasteiger partial charge in [-0.25, -0.2) is 0 Å². The molecule has 90 valence electrons. The SMILES string of the molecule is CC(CBr)N(C)Cc1ccc2ccccc2n1. The number of rotatable bonds is 4. The summed E-state index contributed by atoms with van der Waals surface area (Å²) in [5.41, 5.74) is 2.20. The summed E-state index contributed by atoms with van der Waals surface area (Å²) in [5.74, 6) is 0. The third kappa shape index (κ3) is 3.05. The number of hydrogen-bond acceptors (Lipinski definition) is 2. The van der Waals surface area contributed by atoms with Crippen LogP contribution in [0.4, 0.5) is 0 Å². The zero-order valence-corrected chi connectivity index (χ0v) is 11.8. The Kier molecular flexibility index (Phi) is 4.13. The maximum Gasteiger partial charge on any atom is 0.0705 e. The lowest BCUT2D eigenvalue weighted by atomic mass is 10.2. The molecule has 0 aliphatic rings. The van der Waals surface area contributed by atoms with Gasteiger partial charge < -0.3 is 0 Å². The molecule has 0 amide bonds. The first kappa shape index (κ1) is 12.5. The summed E-state index contributed by atoms with van der Waals surface area (Å²) in [6.07, 6.45) is 0. The van der Waals surface area contributed by atoms with Crippen molar-refractivity contribution in [2.75, 3.05) is 12.4 Å². The molecule has 0 aliphatic carbocycles. The Morgan fingerprint density at radius 2 is 2.00 bits per heavy atom. The maximum atomic E-state index is 4.67. The highest BCUT2D eigenvalue weighted by Crippen LogP contribution is 2.13. The second-order valence-corrected chi connectivity index (χ2v) is 5.06. The van der Waals surface area contributed by atoms with E-state index in [0.717, 1.165) is 23.1 Å². The molecule has 0 fully saturated rings. The van der Waals surface area contributed by atoms with E-state index in [4.69, 9.17) is 0 Å². The van der Waals surface area contributed by atoms with Gasteiger partial charge in [0.05, 0.1) is 11.2 Å². The van der Waals surface area contributed by atoms with E-state index in [-0.39, 0.29) is 0 Å². The monoisotopic (exact) mass is 292 g/mol. The predicted octanol–water partition coefficient (Wildman–Crippen LogP) is 3.45. The van der Waals surface area contributed by atoms with Crippen molar-refractivity contribution < 1.29 is 0 Å². The van der Waals surface area contributed by atoms with Crippen LogP contribution in [0.2, 0.25) is 0 Å². The van der Waals surface area contributed by atoms with Crippen LogP contribution in [0.5, 0.6) is 0 Å². The van der Waals surface area contributed by atoms with Crippen LogP contribution in [-0.2, 0) is 6.54 Å². The standard InChI is InChI=1S/C14H17BrN2/c1-11(9-15)17(2)10-13-8-7-12-5-3-4-6-14(12)16-13/h3-8,11H,9-10H2,1-2H3. The molecular weight excluding hydrogens is 276 g/mol. The van der Waals surface area contributed by atoms with E-state index in [1.807, 2.05) is 12.1 Å². The highest BCUT2D eigenvalue weighted by Gasteiger charge is 2.08. The first-order valence-corrected chi connectivity index (χ1v) is 6.93. The topological polar surface area (TPSA) is 16.1 Å². The maximum absolute atomic E-state index is 4.67. The fraction of sp³-hybridized carbons (Fsp3) is 0.357.